The molecule has 0 bridgehead atoms. The van der Waals surface area contributed by atoms with E-state index in [-0.39, 0.29) is 11.1 Å². The summed E-state index contributed by atoms with van der Waals surface area (Å²) in [6.07, 6.45) is 3.69. The van der Waals surface area contributed by atoms with Gasteiger partial charge in [-0.15, -0.1) is 0 Å². The van der Waals surface area contributed by atoms with Crippen molar-refractivity contribution >= 4 is 55.8 Å². The Balaban J connectivity index is 2.16. The second-order valence-electron chi connectivity index (χ2n) is 4.21. The van der Waals surface area contributed by atoms with Crippen LogP contribution in [0.5, 0.6) is 0 Å². The Morgan fingerprint density at radius 1 is 1.37 bits per heavy atom. The molecule has 2 aromatic rings. The number of nitrogens with zero attached hydrogens (tertiary/aromatic N) is 1. The molecule has 0 radical (unpaired) electrons. The molecule has 96 valence electrons. The van der Waals surface area contributed by atoms with Gasteiger partial charge in [0.2, 0.25) is 0 Å². The Morgan fingerprint density at radius 3 is 2.84 bits per heavy atom. The number of hydrogen-bond acceptors (Lipinski definition) is 3. The zero-order valence-electron chi connectivity index (χ0n) is 9.94. The van der Waals surface area contributed by atoms with Gasteiger partial charge in [0.1, 0.15) is 0 Å². The lowest BCUT2D eigenvalue weighted by atomic mass is 10.1. The van der Waals surface area contributed by atoms with Gasteiger partial charge < -0.3 is 4.57 Å². The van der Waals surface area contributed by atoms with E-state index in [0.29, 0.717) is 4.91 Å². The number of aryl methyl sites for hydroxylation is 1. The lowest BCUT2D eigenvalue weighted by Crippen LogP contribution is -2.17. The molecule has 0 saturated carbocycles. The van der Waals surface area contributed by atoms with E-state index in [1.54, 1.807) is 6.08 Å². The molecule has 0 unspecified atom stereocenters. The second-order valence-corrected chi connectivity index (χ2v) is 6.14. The third-order valence-corrected chi connectivity index (χ3v) is 4.21. The molecule has 1 saturated heterocycles. The smallest absolute Gasteiger partial charge is 0.290 e. The first kappa shape index (κ1) is 12.5. The van der Waals surface area contributed by atoms with Crippen molar-refractivity contribution in [2.45, 2.75) is 0 Å². The van der Waals surface area contributed by atoms with Crippen molar-refractivity contribution in [1.29, 1.82) is 0 Å². The summed E-state index contributed by atoms with van der Waals surface area (Å²) in [5.74, 6) is -0.331. The van der Waals surface area contributed by atoms with Crippen molar-refractivity contribution < 1.29 is 9.59 Å². The van der Waals surface area contributed by atoms with Gasteiger partial charge in [0.15, 0.2) is 0 Å². The van der Waals surface area contributed by atoms with Gasteiger partial charge in [-0.1, -0.05) is 15.9 Å². The minimum absolute atomic E-state index is 0.322. The maximum absolute atomic E-state index is 11.6. The lowest BCUT2D eigenvalue weighted by molar-refractivity contribution is -0.115. The van der Waals surface area contributed by atoms with Crippen molar-refractivity contribution in [2.75, 3.05) is 0 Å². The monoisotopic (exact) mass is 336 g/mol. The van der Waals surface area contributed by atoms with Crippen LogP contribution in [0.3, 0.4) is 0 Å². The van der Waals surface area contributed by atoms with E-state index in [4.69, 9.17) is 0 Å². The minimum atomic E-state index is -0.331. The van der Waals surface area contributed by atoms with Crippen molar-refractivity contribution in [1.82, 2.24) is 9.88 Å². The first-order valence-electron chi connectivity index (χ1n) is 5.54. The molecule has 2 amide bonds. The number of halogens is 1. The van der Waals surface area contributed by atoms with Gasteiger partial charge in [0.25, 0.3) is 11.1 Å². The van der Waals surface area contributed by atoms with E-state index in [0.717, 1.165) is 32.7 Å². The number of carbonyl (C=O) groups is 2. The van der Waals surface area contributed by atoms with E-state index in [2.05, 4.69) is 21.2 Å². The predicted molar refractivity (Wildman–Crippen MR) is 79.7 cm³/mol. The molecule has 0 atom stereocenters. The maximum atomic E-state index is 11.6. The van der Waals surface area contributed by atoms with Gasteiger partial charge in [-0.3, -0.25) is 14.9 Å². The highest BCUT2D eigenvalue weighted by molar-refractivity contribution is 9.10. The third kappa shape index (κ3) is 2.21. The van der Waals surface area contributed by atoms with E-state index in [9.17, 15) is 9.59 Å². The molecule has 1 aromatic heterocycles. The molecular weight excluding hydrogens is 328 g/mol. The molecule has 1 aliphatic rings. The van der Waals surface area contributed by atoms with Crippen LogP contribution in [0.25, 0.3) is 17.0 Å². The number of amides is 2. The molecule has 0 spiro atoms. The zero-order chi connectivity index (χ0) is 13.6. The van der Waals surface area contributed by atoms with Gasteiger partial charge in [-0.05, 0) is 36.0 Å². The molecule has 1 aromatic carbocycles. The van der Waals surface area contributed by atoms with Crippen molar-refractivity contribution in [2.24, 2.45) is 7.05 Å². The summed E-state index contributed by atoms with van der Waals surface area (Å²) in [6.45, 7) is 0. The number of rotatable bonds is 1. The Kier molecular flexibility index (Phi) is 2.99. The fourth-order valence-corrected chi connectivity index (χ4v) is 3.11. The average Bonchev–Trinajstić information content (AvgIpc) is 2.81. The van der Waals surface area contributed by atoms with Crippen LogP contribution in [-0.4, -0.2) is 15.7 Å². The number of thioether (sulfide) groups is 1. The normalized spacial score (nSPS) is 17.5. The number of imide groups is 1. The molecule has 1 aliphatic heterocycles. The highest BCUT2D eigenvalue weighted by Gasteiger charge is 2.25. The molecular formula is C13H9BrN2O2S. The van der Waals surface area contributed by atoms with Crippen LogP contribution in [0.15, 0.2) is 33.8 Å². The molecule has 1 fully saturated rings. The van der Waals surface area contributed by atoms with Crippen LogP contribution >= 0.6 is 27.7 Å². The van der Waals surface area contributed by atoms with E-state index in [1.165, 1.54) is 0 Å². The summed E-state index contributed by atoms with van der Waals surface area (Å²) < 4.78 is 2.97. The maximum Gasteiger partial charge on any atom is 0.290 e. The Bertz CT molecular complexity index is 748. The van der Waals surface area contributed by atoms with Gasteiger partial charge in [0, 0.05) is 34.2 Å². The van der Waals surface area contributed by atoms with E-state index < -0.39 is 0 Å². The Hall–Kier alpha value is -1.53. The first-order chi connectivity index (χ1) is 9.04. The Morgan fingerprint density at radius 2 is 2.16 bits per heavy atom. The summed E-state index contributed by atoms with van der Waals surface area (Å²) in [6, 6.07) is 5.98. The number of hydrogen-bond donors (Lipinski definition) is 1. The first-order valence-corrected chi connectivity index (χ1v) is 7.15. The number of benzene rings is 1. The van der Waals surface area contributed by atoms with Gasteiger partial charge in [0.05, 0.1) is 4.91 Å². The molecule has 3 rings (SSSR count). The van der Waals surface area contributed by atoms with Crippen molar-refractivity contribution in [3.05, 3.63) is 39.3 Å². The van der Waals surface area contributed by atoms with E-state index in [1.807, 2.05) is 36.0 Å². The molecule has 6 heteroatoms. The quantitative estimate of drug-likeness (QED) is 0.813. The van der Waals surface area contributed by atoms with Crippen molar-refractivity contribution in [3.8, 4) is 0 Å². The van der Waals surface area contributed by atoms with Crippen LogP contribution in [0.4, 0.5) is 4.79 Å². The largest absolute Gasteiger partial charge is 0.350 e. The second kappa shape index (κ2) is 4.54. The topological polar surface area (TPSA) is 51.1 Å². The van der Waals surface area contributed by atoms with Crippen LogP contribution in [0, 0.1) is 0 Å². The molecule has 2 heterocycles. The fourth-order valence-electron chi connectivity index (χ4n) is 2.07. The molecule has 0 aliphatic carbocycles. The van der Waals surface area contributed by atoms with Crippen LogP contribution in [0.1, 0.15) is 5.56 Å². The SMILES string of the molecule is Cn1cc(/C=C2\SC(=O)NC2=O)c2cc(Br)ccc21. The minimum Gasteiger partial charge on any atom is -0.350 e. The van der Waals surface area contributed by atoms with Gasteiger partial charge in [-0.2, -0.15) is 0 Å². The number of aromatic nitrogens is 1. The summed E-state index contributed by atoms with van der Waals surface area (Å²) >= 11 is 4.37. The van der Waals surface area contributed by atoms with Gasteiger partial charge >= 0.3 is 0 Å². The average molecular weight is 337 g/mol. The van der Waals surface area contributed by atoms with Crippen molar-refractivity contribution in [3.63, 3.8) is 0 Å². The molecule has 1 N–H and O–H groups in total. The predicted octanol–water partition coefficient (Wildman–Crippen LogP) is 3.26. The highest BCUT2D eigenvalue weighted by Crippen LogP contribution is 2.30. The summed E-state index contributed by atoms with van der Waals surface area (Å²) in [5, 5.41) is 2.97. The number of fused-ring (bicyclic) bond motifs is 1. The molecule has 19 heavy (non-hydrogen) atoms. The Labute approximate surface area is 122 Å². The zero-order valence-corrected chi connectivity index (χ0v) is 12.3. The fraction of sp³-hybridized carbons (Fsp3) is 0.0769. The van der Waals surface area contributed by atoms with E-state index >= 15 is 0 Å². The van der Waals surface area contributed by atoms with Gasteiger partial charge in [-0.25, -0.2) is 0 Å². The third-order valence-electron chi connectivity index (χ3n) is 2.91. The summed E-state index contributed by atoms with van der Waals surface area (Å²) in [4.78, 5) is 23.1. The summed E-state index contributed by atoms with van der Waals surface area (Å²) in [5.41, 5.74) is 2.00. The number of nitrogens with one attached hydrogen (secondary N) is 1. The molecule has 4 nitrogen and oxygen atoms in total. The van der Waals surface area contributed by atoms with Crippen LogP contribution < -0.4 is 5.32 Å². The lowest BCUT2D eigenvalue weighted by Gasteiger charge is -1.96. The summed E-state index contributed by atoms with van der Waals surface area (Å²) in [7, 11) is 1.95. The highest BCUT2D eigenvalue weighted by atomic mass is 79.9. The standard InChI is InChI=1S/C13H9BrN2O2S/c1-16-6-7(4-11-12(17)15-13(18)19-11)9-5-8(14)2-3-10(9)16/h2-6H,1H3,(H,15,17,18)/b11-4-. The van der Waals surface area contributed by atoms with Crippen LogP contribution in [0.2, 0.25) is 0 Å². The van der Waals surface area contributed by atoms with Crippen LogP contribution in [-0.2, 0) is 11.8 Å². The number of carbonyl (C=O) groups excluding carboxylic acids is 2.